The molecule has 2 aromatic rings. The predicted molar refractivity (Wildman–Crippen MR) is 86.8 cm³/mol. The van der Waals surface area contributed by atoms with Gasteiger partial charge in [-0.3, -0.25) is 14.2 Å². The van der Waals surface area contributed by atoms with E-state index in [1.54, 1.807) is 32.0 Å². The van der Waals surface area contributed by atoms with Crippen LogP contribution in [0.4, 0.5) is 0 Å². The molecule has 0 radical (unpaired) electrons. The third-order valence-electron chi connectivity index (χ3n) is 3.54. The standard InChI is InChI=1S/C17H17N3O3/c1-3-5-12-7-8-14-13(10-12)17(23)20(11(2)19-14)15(16(18)22)6-4-9-21/h7-10,15H,4,6H2,1-2H3,(H2,18,22). The van der Waals surface area contributed by atoms with E-state index >= 15 is 0 Å². The van der Waals surface area contributed by atoms with Gasteiger partial charge in [0.1, 0.15) is 18.2 Å². The Morgan fingerprint density at radius 3 is 2.83 bits per heavy atom. The molecule has 6 nitrogen and oxygen atoms in total. The van der Waals surface area contributed by atoms with Crippen LogP contribution in [0, 0.1) is 18.8 Å². The molecule has 6 heteroatoms. The van der Waals surface area contributed by atoms with Gasteiger partial charge in [-0.15, -0.1) is 5.92 Å². The molecule has 0 saturated carbocycles. The fourth-order valence-corrected chi connectivity index (χ4v) is 2.52. The number of fused-ring (bicyclic) bond motifs is 1. The number of primary amides is 1. The Hall–Kier alpha value is -2.94. The molecule has 1 aromatic heterocycles. The molecule has 23 heavy (non-hydrogen) atoms. The maximum absolute atomic E-state index is 12.8. The molecule has 0 saturated heterocycles. The van der Waals surface area contributed by atoms with Crippen LogP contribution in [0.5, 0.6) is 0 Å². The normalized spacial score (nSPS) is 11.6. The number of hydrogen-bond acceptors (Lipinski definition) is 4. The number of aryl methyl sites for hydroxylation is 1. The van der Waals surface area contributed by atoms with Gasteiger partial charge in [-0.2, -0.15) is 0 Å². The van der Waals surface area contributed by atoms with Crippen LogP contribution in [0.15, 0.2) is 23.0 Å². The van der Waals surface area contributed by atoms with Crippen molar-refractivity contribution in [1.29, 1.82) is 0 Å². The number of aldehydes is 1. The van der Waals surface area contributed by atoms with Crippen molar-refractivity contribution in [3.8, 4) is 11.8 Å². The van der Waals surface area contributed by atoms with Crippen LogP contribution < -0.4 is 11.3 Å². The van der Waals surface area contributed by atoms with E-state index in [4.69, 9.17) is 5.73 Å². The molecule has 0 aliphatic heterocycles. The zero-order chi connectivity index (χ0) is 17.0. The first kappa shape index (κ1) is 16.4. The highest BCUT2D eigenvalue weighted by molar-refractivity contribution is 5.82. The van der Waals surface area contributed by atoms with Crippen LogP contribution in [-0.4, -0.2) is 21.7 Å². The topological polar surface area (TPSA) is 95.0 Å². The van der Waals surface area contributed by atoms with Gasteiger partial charge in [0.2, 0.25) is 5.91 Å². The summed E-state index contributed by atoms with van der Waals surface area (Å²) < 4.78 is 1.26. The number of benzene rings is 1. The van der Waals surface area contributed by atoms with Crippen LogP contribution in [0.25, 0.3) is 10.9 Å². The summed E-state index contributed by atoms with van der Waals surface area (Å²) in [5.41, 5.74) is 6.27. The predicted octanol–water partition coefficient (Wildman–Crippen LogP) is 1.08. The van der Waals surface area contributed by atoms with E-state index in [1.165, 1.54) is 4.57 Å². The maximum atomic E-state index is 12.8. The van der Waals surface area contributed by atoms with Crippen molar-refractivity contribution in [3.63, 3.8) is 0 Å². The molecule has 2 N–H and O–H groups in total. The highest BCUT2D eigenvalue weighted by atomic mass is 16.2. The van der Waals surface area contributed by atoms with Crippen molar-refractivity contribution < 1.29 is 9.59 Å². The molecular weight excluding hydrogens is 294 g/mol. The minimum atomic E-state index is -0.898. The lowest BCUT2D eigenvalue weighted by Gasteiger charge is -2.18. The number of carbonyl (C=O) groups is 2. The molecule has 1 amide bonds. The Balaban J connectivity index is 2.71. The van der Waals surface area contributed by atoms with Gasteiger partial charge in [-0.05, 0) is 38.5 Å². The molecule has 0 fully saturated rings. The molecule has 118 valence electrons. The molecule has 1 unspecified atom stereocenters. The second kappa shape index (κ2) is 6.88. The first-order valence-electron chi connectivity index (χ1n) is 7.18. The lowest BCUT2D eigenvalue weighted by molar-refractivity contribution is -0.121. The second-order valence-corrected chi connectivity index (χ2v) is 5.10. The summed E-state index contributed by atoms with van der Waals surface area (Å²) in [7, 11) is 0. The van der Waals surface area contributed by atoms with E-state index in [9.17, 15) is 14.4 Å². The Labute approximate surface area is 133 Å². The number of nitrogens with two attached hydrogens (primary N) is 1. The Kier molecular flexibility index (Phi) is 4.91. The molecular formula is C17H17N3O3. The molecule has 1 atom stereocenters. The van der Waals surface area contributed by atoms with E-state index < -0.39 is 11.9 Å². The summed E-state index contributed by atoms with van der Waals surface area (Å²) in [6.45, 7) is 3.34. The lowest BCUT2D eigenvalue weighted by atomic mass is 10.1. The number of aromatic nitrogens is 2. The second-order valence-electron chi connectivity index (χ2n) is 5.10. The fourth-order valence-electron chi connectivity index (χ4n) is 2.52. The quantitative estimate of drug-likeness (QED) is 0.660. The zero-order valence-corrected chi connectivity index (χ0v) is 13.0. The van der Waals surface area contributed by atoms with E-state index in [-0.39, 0.29) is 18.4 Å². The van der Waals surface area contributed by atoms with Crippen molar-refractivity contribution in [2.75, 3.05) is 0 Å². The number of hydrogen-bond donors (Lipinski definition) is 1. The van der Waals surface area contributed by atoms with Gasteiger partial charge < -0.3 is 10.5 Å². The molecule has 2 rings (SSSR count). The summed E-state index contributed by atoms with van der Waals surface area (Å²) in [6, 6.07) is 4.26. The van der Waals surface area contributed by atoms with Crippen molar-refractivity contribution >= 4 is 23.1 Å². The lowest BCUT2D eigenvalue weighted by Crippen LogP contribution is -2.36. The number of amides is 1. The number of rotatable bonds is 5. The monoisotopic (exact) mass is 311 g/mol. The first-order chi connectivity index (χ1) is 11.0. The van der Waals surface area contributed by atoms with E-state index in [0.29, 0.717) is 28.6 Å². The van der Waals surface area contributed by atoms with Gasteiger partial charge in [0.05, 0.1) is 10.9 Å². The average molecular weight is 311 g/mol. The summed E-state index contributed by atoms with van der Waals surface area (Å²) in [6.07, 6.45) is 1.000. The van der Waals surface area contributed by atoms with Crippen LogP contribution in [0.2, 0.25) is 0 Å². The molecule has 0 spiro atoms. The number of carbonyl (C=O) groups excluding carboxylic acids is 2. The highest BCUT2D eigenvalue weighted by Gasteiger charge is 2.22. The van der Waals surface area contributed by atoms with Crippen LogP contribution >= 0.6 is 0 Å². The van der Waals surface area contributed by atoms with Crippen molar-refractivity contribution in [3.05, 3.63) is 39.9 Å². The minimum absolute atomic E-state index is 0.138. The Bertz CT molecular complexity index is 888. The van der Waals surface area contributed by atoms with Gasteiger partial charge in [0.15, 0.2) is 0 Å². The van der Waals surface area contributed by atoms with Gasteiger partial charge in [0, 0.05) is 12.0 Å². The molecule has 0 bridgehead atoms. The van der Waals surface area contributed by atoms with Crippen LogP contribution in [-0.2, 0) is 9.59 Å². The van der Waals surface area contributed by atoms with Crippen molar-refractivity contribution in [2.24, 2.45) is 5.73 Å². The summed E-state index contributed by atoms with van der Waals surface area (Å²) in [5, 5.41) is 0.369. The zero-order valence-electron chi connectivity index (χ0n) is 13.0. The summed E-state index contributed by atoms with van der Waals surface area (Å²) in [5.74, 6) is 5.37. The van der Waals surface area contributed by atoms with Gasteiger partial charge in [0.25, 0.3) is 5.56 Å². The highest BCUT2D eigenvalue weighted by Crippen LogP contribution is 2.16. The molecule has 1 aromatic carbocycles. The van der Waals surface area contributed by atoms with E-state index in [2.05, 4.69) is 16.8 Å². The van der Waals surface area contributed by atoms with E-state index in [0.717, 1.165) is 0 Å². The molecule has 0 aliphatic rings. The third-order valence-corrected chi connectivity index (χ3v) is 3.54. The number of nitrogens with zero attached hydrogens (tertiary/aromatic N) is 2. The summed E-state index contributed by atoms with van der Waals surface area (Å²) in [4.78, 5) is 39.5. The van der Waals surface area contributed by atoms with Crippen LogP contribution in [0.3, 0.4) is 0 Å². The largest absolute Gasteiger partial charge is 0.368 e. The Morgan fingerprint density at radius 2 is 2.22 bits per heavy atom. The average Bonchev–Trinajstić information content (AvgIpc) is 2.51. The van der Waals surface area contributed by atoms with Gasteiger partial charge >= 0.3 is 0 Å². The maximum Gasteiger partial charge on any atom is 0.262 e. The van der Waals surface area contributed by atoms with Gasteiger partial charge in [-0.1, -0.05) is 5.92 Å². The van der Waals surface area contributed by atoms with Gasteiger partial charge in [-0.25, -0.2) is 4.98 Å². The minimum Gasteiger partial charge on any atom is -0.368 e. The van der Waals surface area contributed by atoms with Crippen molar-refractivity contribution in [2.45, 2.75) is 32.7 Å². The summed E-state index contributed by atoms with van der Waals surface area (Å²) >= 11 is 0. The fraction of sp³-hybridized carbons (Fsp3) is 0.294. The van der Waals surface area contributed by atoms with E-state index in [1.807, 2.05) is 0 Å². The third kappa shape index (κ3) is 3.29. The van der Waals surface area contributed by atoms with Crippen molar-refractivity contribution in [1.82, 2.24) is 9.55 Å². The Morgan fingerprint density at radius 1 is 1.48 bits per heavy atom. The van der Waals surface area contributed by atoms with Crippen LogP contribution in [0.1, 0.15) is 37.2 Å². The smallest absolute Gasteiger partial charge is 0.262 e. The molecule has 1 heterocycles. The SMILES string of the molecule is CC#Cc1ccc2nc(C)n(C(CCC=O)C(N)=O)c(=O)c2c1. The first-order valence-corrected chi connectivity index (χ1v) is 7.18. The molecule has 0 aliphatic carbocycles.